The molecule has 20 heavy (non-hydrogen) atoms. The number of aliphatic hydroxyl groups is 1. The zero-order valence-electron chi connectivity index (χ0n) is 12.4. The predicted molar refractivity (Wildman–Crippen MR) is 80.2 cm³/mol. The maximum atomic E-state index is 12.2. The van der Waals surface area contributed by atoms with Crippen LogP contribution in [0.15, 0.2) is 24.3 Å². The van der Waals surface area contributed by atoms with Crippen molar-refractivity contribution in [1.82, 2.24) is 4.90 Å². The lowest BCUT2D eigenvalue weighted by atomic mass is 10.3. The number of carbonyl (C=O) groups excluding carboxylic acids is 1. The van der Waals surface area contributed by atoms with Gasteiger partial charge in [-0.15, -0.1) is 0 Å². The number of nitrogens with zero attached hydrogens (tertiary/aromatic N) is 1. The number of nitrogens with one attached hydrogen (secondary N) is 1. The molecule has 0 aromatic heterocycles. The molecule has 1 aromatic carbocycles. The number of urea groups is 1. The Morgan fingerprint density at radius 2 is 2.05 bits per heavy atom. The predicted octanol–water partition coefficient (Wildman–Crippen LogP) is 2.71. The summed E-state index contributed by atoms with van der Waals surface area (Å²) in [6, 6.07) is 7.12. The van der Waals surface area contributed by atoms with E-state index >= 15 is 0 Å². The minimum absolute atomic E-state index is 0.0391. The summed E-state index contributed by atoms with van der Waals surface area (Å²) in [4.78, 5) is 13.8. The van der Waals surface area contributed by atoms with Gasteiger partial charge in [-0.2, -0.15) is 0 Å². The van der Waals surface area contributed by atoms with Crippen LogP contribution in [-0.2, 0) is 0 Å². The van der Waals surface area contributed by atoms with E-state index < -0.39 is 0 Å². The molecule has 0 aliphatic rings. The molecule has 0 radical (unpaired) electrons. The molecular formula is C15H24N2O3. The minimum Gasteiger partial charge on any atom is -0.489 e. The van der Waals surface area contributed by atoms with Crippen molar-refractivity contribution in [3.63, 3.8) is 0 Å². The molecule has 0 heterocycles. The van der Waals surface area contributed by atoms with E-state index in [1.807, 2.05) is 39.0 Å². The Balaban J connectivity index is 2.78. The number of amides is 2. The number of ether oxygens (including phenoxy) is 1. The third-order valence-electron chi connectivity index (χ3n) is 2.64. The van der Waals surface area contributed by atoms with Crippen molar-refractivity contribution >= 4 is 11.7 Å². The molecule has 0 spiro atoms. The van der Waals surface area contributed by atoms with Crippen molar-refractivity contribution < 1.29 is 14.6 Å². The number of hydrogen-bond acceptors (Lipinski definition) is 3. The van der Waals surface area contributed by atoms with Crippen molar-refractivity contribution in [3.05, 3.63) is 24.3 Å². The van der Waals surface area contributed by atoms with Gasteiger partial charge in [-0.3, -0.25) is 0 Å². The molecule has 0 unspecified atom stereocenters. The largest absolute Gasteiger partial charge is 0.489 e. The Morgan fingerprint density at radius 1 is 1.35 bits per heavy atom. The summed E-state index contributed by atoms with van der Waals surface area (Å²) in [6.07, 6.45) is 0.884. The number of aliphatic hydroxyl groups excluding tert-OH is 1. The standard InChI is InChI=1S/C15H24N2O3/c1-4-9-17(10-11-18)15(19)16-13-7-5-6-8-14(13)20-12(2)3/h5-8,12,18H,4,9-11H2,1-3H3,(H,16,19). The Hall–Kier alpha value is -1.75. The van der Waals surface area contributed by atoms with Crippen LogP contribution in [0.1, 0.15) is 27.2 Å². The number of anilines is 1. The number of hydrogen-bond donors (Lipinski definition) is 2. The number of para-hydroxylation sites is 2. The molecule has 0 aliphatic heterocycles. The van der Waals surface area contributed by atoms with Gasteiger partial charge in [-0.1, -0.05) is 19.1 Å². The highest BCUT2D eigenvalue weighted by Gasteiger charge is 2.14. The average molecular weight is 280 g/mol. The van der Waals surface area contributed by atoms with Crippen molar-refractivity contribution in [3.8, 4) is 5.75 Å². The lowest BCUT2D eigenvalue weighted by Gasteiger charge is -2.22. The molecule has 0 saturated heterocycles. The summed E-state index contributed by atoms with van der Waals surface area (Å²) >= 11 is 0. The second-order valence-electron chi connectivity index (χ2n) is 4.80. The summed E-state index contributed by atoms with van der Waals surface area (Å²) in [5.41, 5.74) is 0.644. The summed E-state index contributed by atoms with van der Waals surface area (Å²) < 4.78 is 5.66. The van der Waals surface area contributed by atoms with Gasteiger partial charge in [0.05, 0.1) is 18.4 Å². The van der Waals surface area contributed by atoms with Crippen LogP contribution in [0.2, 0.25) is 0 Å². The van der Waals surface area contributed by atoms with Crippen LogP contribution in [0, 0.1) is 0 Å². The Labute approximate surface area is 120 Å². The molecular weight excluding hydrogens is 256 g/mol. The maximum absolute atomic E-state index is 12.2. The highest BCUT2D eigenvalue weighted by atomic mass is 16.5. The number of carbonyl (C=O) groups is 1. The van der Waals surface area contributed by atoms with Gasteiger partial charge in [-0.05, 0) is 32.4 Å². The topological polar surface area (TPSA) is 61.8 Å². The molecule has 0 bridgehead atoms. The van der Waals surface area contributed by atoms with E-state index in [1.54, 1.807) is 11.0 Å². The average Bonchev–Trinajstić information content (AvgIpc) is 2.40. The third-order valence-corrected chi connectivity index (χ3v) is 2.64. The molecule has 1 aromatic rings. The second-order valence-corrected chi connectivity index (χ2v) is 4.80. The van der Waals surface area contributed by atoms with Crippen LogP contribution in [-0.4, -0.2) is 41.8 Å². The van der Waals surface area contributed by atoms with Crippen LogP contribution in [0.5, 0.6) is 5.75 Å². The number of rotatable bonds is 7. The summed E-state index contributed by atoms with van der Waals surface area (Å²) in [6.45, 7) is 6.76. The fourth-order valence-electron chi connectivity index (χ4n) is 1.83. The van der Waals surface area contributed by atoms with Crippen LogP contribution >= 0.6 is 0 Å². The maximum Gasteiger partial charge on any atom is 0.322 e. The van der Waals surface area contributed by atoms with Gasteiger partial charge < -0.3 is 20.1 Å². The first-order valence-corrected chi connectivity index (χ1v) is 7.01. The first-order valence-electron chi connectivity index (χ1n) is 7.01. The van der Waals surface area contributed by atoms with E-state index in [9.17, 15) is 4.79 Å². The lowest BCUT2D eigenvalue weighted by molar-refractivity contribution is 0.188. The molecule has 0 fully saturated rings. The normalized spacial score (nSPS) is 10.4. The highest BCUT2D eigenvalue weighted by molar-refractivity contribution is 5.91. The van der Waals surface area contributed by atoms with Crippen LogP contribution in [0.4, 0.5) is 10.5 Å². The van der Waals surface area contributed by atoms with E-state index in [2.05, 4.69) is 5.32 Å². The highest BCUT2D eigenvalue weighted by Crippen LogP contribution is 2.25. The molecule has 0 atom stereocenters. The van der Waals surface area contributed by atoms with E-state index in [4.69, 9.17) is 9.84 Å². The molecule has 0 saturated carbocycles. The van der Waals surface area contributed by atoms with Gasteiger partial charge in [0.25, 0.3) is 0 Å². The fraction of sp³-hybridized carbons (Fsp3) is 0.533. The van der Waals surface area contributed by atoms with E-state index in [-0.39, 0.29) is 18.7 Å². The monoisotopic (exact) mass is 280 g/mol. The first kappa shape index (κ1) is 16.3. The Kier molecular flexibility index (Phi) is 6.87. The van der Waals surface area contributed by atoms with Gasteiger partial charge in [0.15, 0.2) is 0 Å². The van der Waals surface area contributed by atoms with Gasteiger partial charge in [0.1, 0.15) is 5.75 Å². The van der Waals surface area contributed by atoms with Gasteiger partial charge in [0, 0.05) is 13.1 Å². The van der Waals surface area contributed by atoms with Gasteiger partial charge >= 0.3 is 6.03 Å². The Morgan fingerprint density at radius 3 is 2.65 bits per heavy atom. The van der Waals surface area contributed by atoms with Crippen LogP contribution in [0.25, 0.3) is 0 Å². The van der Waals surface area contributed by atoms with Gasteiger partial charge in [-0.25, -0.2) is 4.79 Å². The third kappa shape index (κ3) is 5.09. The molecule has 112 valence electrons. The Bertz CT molecular complexity index is 415. The van der Waals surface area contributed by atoms with E-state index in [0.717, 1.165) is 6.42 Å². The molecule has 5 heteroatoms. The number of benzene rings is 1. The van der Waals surface area contributed by atoms with Crippen molar-refractivity contribution in [2.45, 2.75) is 33.3 Å². The molecule has 5 nitrogen and oxygen atoms in total. The van der Waals surface area contributed by atoms with E-state index in [0.29, 0.717) is 24.5 Å². The van der Waals surface area contributed by atoms with Gasteiger partial charge in [0.2, 0.25) is 0 Å². The fourth-order valence-corrected chi connectivity index (χ4v) is 1.83. The van der Waals surface area contributed by atoms with Crippen LogP contribution < -0.4 is 10.1 Å². The SMILES string of the molecule is CCCN(CCO)C(=O)Nc1ccccc1OC(C)C. The molecule has 0 aliphatic carbocycles. The molecule has 1 rings (SSSR count). The van der Waals surface area contributed by atoms with E-state index in [1.165, 1.54) is 0 Å². The zero-order valence-corrected chi connectivity index (χ0v) is 12.4. The molecule has 2 N–H and O–H groups in total. The first-order chi connectivity index (χ1) is 9.58. The summed E-state index contributed by atoms with van der Waals surface area (Å²) in [5.74, 6) is 0.649. The van der Waals surface area contributed by atoms with Crippen molar-refractivity contribution in [2.75, 3.05) is 25.0 Å². The lowest BCUT2D eigenvalue weighted by Crippen LogP contribution is -2.37. The minimum atomic E-state index is -0.222. The van der Waals surface area contributed by atoms with Crippen molar-refractivity contribution in [1.29, 1.82) is 0 Å². The quantitative estimate of drug-likeness (QED) is 0.807. The molecule has 2 amide bonds. The zero-order chi connectivity index (χ0) is 15.0. The second kappa shape index (κ2) is 8.43. The van der Waals surface area contributed by atoms with Crippen molar-refractivity contribution in [2.24, 2.45) is 0 Å². The summed E-state index contributed by atoms with van der Waals surface area (Å²) in [7, 11) is 0. The van der Waals surface area contributed by atoms with Crippen LogP contribution in [0.3, 0.4) is 0 Å². The summed E-state index contributed by atoms with van der Waals surface area (Å²) in [5, 5.41) is 11.8. The smallest absolute Gasteiger partial charge is 0.322 e.